The zero-order chi connectivity index (χ0) is 13.2. The Balaban J connectivity index is 2.06. The molecule has 0 bridgehead atoms. The minimum atomic E-state index is -0.122. The summed E-state index contributed by atoms with van der Waals surface area (Å²) in [4.78, 5) is 11.9. The Hall–Kier alpha value is -1.87. The highest BCUT2D eigenvalue weighted by molar-refractivity contribution is 5.87. The number of carbonyl (C=O) groups excluding carboxylic acids is 1. The van der Waals surface area contributed by atoms with Crippen molar-refractivity contribution in [3.05, 3.63) is 48.0 Å². The highest BCUT2D eigenvalue weighted by atomic mass is 16.5. The van der Waals surface area contributed by atoms with Gasteiger partial charge in [0, 0.05) is 19.0 Å². The van der Waals surface area contributed by atoms with Crippen molar-refractivity contribution in [2.75, 3.05) is 20.2 Å². The van der Waals surface area contributed by atoms with Gasteiger partial charge in [0.1, 0.15) is 0 Å². The van der Waals surface area contributed by atoms with Crippen molar-refractivity contribution in [1.82, 2.24) is 5.32 Å². The van der Waals surface area contributed by atoms with Gasteiger partial charge in [-0.2, -0.15) is 0 Å². The van der Waals surface area contributed by atoms with E-state index in [0.717, 1.165) is 6.54 Å². The van der Waals surface area contributed by atoms with Crippen molar-refractivity contribution in [2.45, 2.75) is 5.92 Å². The van der Waals surface area contributed by atoms with E-state index in [4.69, 9.17) is 4.74 Å². The van der Waals surface area contributed by atoms with Crippen molar-refractivity contribution in [1.29, 1.82) is 0 Å². The smallest absolute Gasteiger partial charge is 0.310 e. The van der Waals surface area contributed by atoms with Crippen LogP contribution in [-0.2, 0) is 9.53 Å². The second-order valence-corrected chi connectivity index (χ2v) is 4.96. The molecule has 1 fully saturated rings. The highest BCUT2D eigenvalue weighted by Gasteiger charge is 2.35. The summed E-state index contributed by atoms with van der Waals surface area (Å²) in [6.45, 7) is 1.52. The van der Waals surface area contributed by atoms with Crippen molar-refractivity contribution < 1.29 is 9.53 Å². The lowest BCUT2D eigenvalue weighted by atomic mass is 9.86. The fourth-order valence-electron chi connectivity index (χ4n) is 2.98. The molecule has 0 saturated carbocycles. The largest absolute Gasteiger partial charge is 0.469 e. The zero-order valence-electron chi connectivity index (χ0n) is 10.9. The van der Waals surface area contributed by atoms with Crippen LogP contribution in [0.1, 0.15) is 11.5 Å². The van der Waals surface area contributed by atoms with Gasteiger partial charge in [-0.25, -0.2) is 0 Å². The number of benzene rings is 2. The Morgan fingerprint density at radius 1 is 1.16 bits per heavy atom. The monoisotopic (exact) mass is 255 g/mol. The number of fused-ring (bicyclic) bond motifs is 1. The standard InChI is InChI=1S/C16H17NO2/c1-19-16(18)15-10-17-9-14(15)13-8-4-6-11-5-2-3-7-12(11)13/h2-8,14-15,17H,9-10H2,1H3. The van der Waals surface area contributed by atoms with Crippen LogP contribution < -0.4 is 5.32 Å². The summed E-state index contributed by atoms with van der Waals surface area (Å²) in [5.74, 6) is -0.0164. The fraction of sp³-hybridized carbons (Fsp3) is 0.312. The number of rotatable bonds is 2. The number of hydrogen-bond donors (Lipinski definition) is 1. The first-order valence-electron chi connectivity index (χ1n) is 6.57. The quantitative estimate of drug-likeness (QED) is 0.837. The molecule has 2 aromatic carbocycles. The number of nitrogens with one attached hydrogen (secondary N) is 1. The van der Waals surface area contributed by atoms with Crippen molar-refractivity contribution in [3.63, 3.8) is 0 Å². The van der Waals surface area contributed by atoms with E-state index in [1.165, 1.54) is 23.4 Å². The highest BCUT2D eigenvalue weighted by Crippen LogP contribution is 2.33. The lowest BCUT2D eigenvalue weighted by Crippen LogP contribution is -2.23. The second-order valence-electron chi connectivity index (χ2n) is 4.96. The van der Waals surface area contributed by atoms with Gasteiger partial charge in [0.15, 0.2) is 0 Å². The molecule has 0 aliphatic carbocycles. The number of hydrogen-bond acceptors (Lipinski definition) is 3. The number of esters is 1. The van der Waals surface area contributed by atoms with Crippen LogP contribution in [0, 0.1) is 5.92 Å². The first-order valence-corrected chi connectivity index (χ1v) is 6.57. The maximum Gasteiger partial charge on any atom is 0.310 e. The number of carbonyl (C=O) groups is 1. The summed E-state index contributed by atoms with van der Waals surface area (Å²) in [6.07, 6.45) is 0. The Morgan fingerprint density at radius 2 is 1.95 bits per heavy atom. The molecule has 98 valence electrons. The average Bonchev–Trinajstić information content (AvgIpc) is 2.95. The lowest BCUT2D eigenvalue weighted by Gasteiger charge is -2.18. The predicted molar refractivity (Wildman–Crippen MR) is 75.1 cm³/mol. The molecule has 1 N–H and O–H groups in total. The minimum absolute atomic E-state index is 0.0872. The Bertz CT molecular complexity index is 603. The third-order valence-corrected chi connectivity index (χ3v) is 3.94. The van der Waals surface area contributed by atoms with Crippen LogP contribution in [0.3, 0.4) is 0 Å². The van der Waals surface area contributed by atoms with Gasteiger partial charge in [0.05, 0.1) is 13.0 Å². The van der Waals surface area contributed by atoms with Crippen molar-refractivity contribution >= 4 is 16.7 Å². The molecular formula is C16H17NO2. The molecule has 1 saturated heterocycles. The van der Waals surface area contributed by atoms with Crippen LogP contribution in [-0.4, -0.2) is 26.2 Å². The van der Waals surface area contributed by atoms with Gasteiger partial charge in [0.25, 0.3) is 0 Å². The molecule has 19 heavy (non-hydrogen) atoms. The molecule has 3 nitrogen and oxygen atoms in total. The SMILES string of the molecule is COC(=O)C1CNCC1c1cccc2ccccc12. The number of methoxy groups -OCH3 is 1. The summed E-state index contributed by atoms with van der Waals surface area (Å²) in [7, 11) is 1.46. The number of ether oxygens (including phenoxy) is 1. The van der Waals surface area contributed by atoms with Gasteiger partial charge in [-0.3, -0.25) is 4.79 Å². The molecule has 2 unspecified atom stereocenters. The molecule has 1 aliphatic rings. The van der Waals surface area contributed by atoms with Gasteiger partial charge in [0.2, 0.25) is 0 Å². The minimum Gasteiger partial charge on any atom is -0.469 e. The summed E-state index contributed by atoms with van der Waals surface area (Å²) in [5.41, 5.74) is 1.23. The zero-order valence-corrected chi connectivity index (χ0v) is 10.9. The van der Waals surface area contributed by atoms with Crippen LogP contribution in [0.5, 0.6) is 0 Å². The molecule has 1 aliphatic heterocycles. The van der Waals surface area contributed by atoms with Gasteiger partial charge in [-0.1, -0.05) is 42.5 Å². The van der Waals surface area contributed by atoms with Crippen LogP contribution in [0.2, 0.25) is 0 Å². The van der Waals surface area contributed by atoms with Gasteiger partial charge in [-0.15, -0.1) is 0 Å². The maximum absolute atomic E-state index is 11.9. The van der Waals surface area contributed by atoms with Gasteiger partial charge in [-0.05, 0) is 16.3 Å². The van der Waals surface area contributed by atoms with Crippen LogP contribution in [0.4, 0.5) is 0 Å². The molecule has 0 aromatic heterocycles. The molecule has 0 amide bonds. The Labute approximate surface area is 112 Å². The Kier molecular flexibility index (Phi) is 3.22. The Morgan fingerprint density at radius 3 is 2.79 bits per heavy atom. The molecular weight excluding hydrogens is 238 g/mol. The first-order chi connectivity index (χ1) is 9.31. The van der Waals surface area contributed by atoms with E-state index in [1.54, 1.807) is 0 Å². The molecule has 1 heterocycles. The third kappa shape index (κ3) is 2.10. The summed E-state index contributed by atoms with van der Waals surface area (Å²) in [5, 5.41) is 5.75. The predicted octanol–water partition coefficient (Wildman–Crippen LogP) is 2.32. The van der Waals surface area contributed by atoms with E-state index < -0.39 is 0 Å². The van der Waals surface area contributed by atoms with Crippen LogP contribution in [0.25, 0.3) is 10.8 Å². The summed E-state index contributed by atoms with van der Waals surface area (Å²) < 4.78 is 4.92. The molecule has 3 rings (SSSR count). The third-order valence-electron chi connectivity index (χ3n) is 3.94. The molecule has 0 radical (unpaired) electrons. The molecule has 3 heteroatoms. The normalized spacial score (nSPS) is 22.6. The van der Waals surface area contributed by atoms with E-state index in [-0.39, 0.29) is 17.8 Å². The van der Waals surface area contributed by atoms with E-state index in [1.807, 2.05) is 12.1 Å². The van der Waals surface area contributed by atoms with E-state index in [0.29, 0.717) is 6.54 Å². The second kappa shape index (κ2) is 5.02. The molecule has 0 spiro atoms. The van der Waals surface area contributed by atoms with Crippen molar-refractivity contribution in [2.24, 2.45) is 5.92 Å². The van der Waals surface area contributed by atoms with E-state index in [9.17, 15) is 4.79 Å². The molecule has 2 aromatic rings. The molecule has 2 atom stereocenters. The van der Waals surface area contributed by atoms with Gasteiger partial charge < -0.3 is 10.1 Å². The average molecular weight is 255 g/mol. The van der Waals surface area contributed by atoms with Gasteiger partial charge >= 0.3 is 5.97 Å². The summed E-state index contributed by atoms with van der Waals surface area (Å²) in [6, 6.07) is 14.6. The van der Waals surface area contributed by atoms with E-state index >= 15 is 0 Å². The lowest BCUT2D eigenvalue weighted by molar-refractivity contribution is -0.145. The summed E-state index contributed by atoms with van der Waals surface area (Å²) >= 11 is 0. The van der Waals surface area contributed by atoms with Crippen molar-refractivity contribution in [3.8, 4) is 0 Å². The first kappa shape index (κ1) is 12.2. The van der Waals surface area contributed by atoms with Crippen LogP contribution >= 0.6 is 0 Å². The van der Waals surface area contributed by atoms with Crippen LogP contribution in [0.15, 0.2) is 42.5 Å². The maximum atomic E-state index is 11.9. The van der Waals surface area contributed by atoms with E-state index in [2.05, 4.69) is 35.6 Å². The topological polar surface area (TPSA) is 38.3 Å². The fourth-order valence-corrected chi connectivity index (χ4v) is 2.98.